The number of amides is 1. The number of aromatic amines is 1. The van der Waals surface area contributed by atoms with Crippen molar-refractivity contribution in [1.29, 1.82) is 0 Å². The number of benzene rings is 1. The molecule has 2 aromatic heterocycles. The second-order valence-corrected chi connectivity index (χ2v) is 9.83. The van der Waals surface area contributed by atoms with Crippen LogP contribution in [-0.4, -0.2) is 58.5 Å². The number of imidazole rings is 1. The number of nitrogens with zero attached hydrogens (tertiary/aromatic N) is 4. The van der Waals surface area contributed by atoms with Crippen LogP contribution >= 0.6 is 23.4 Å². The minimum atomic E-state index is 0.00999. The van der Waals surface area contributed by atoms with E-state index in [1.54, 1.807) is 6.20 Å². The minimum absolute atomic E-state index is 0.00999. The van der Waals surface area contributed by atoms with Gasteiger partial charge in [0.15, 0.2) is 5.65 Å². The van der Waals surface area contributed by atoms with Crippen LogP contribution in [0, 0.1) is 6.92 Å². The predicted molar refractivity (Wildman–Crippen MR) is 147 cm³/mol. The number of fused-ring (bicyclic) bond motifs is 1. The molecule has 35 heavy (non-hydrogen) atoms. The molecule has 0 spiro atoms. The Bertz CT molecular complexity index is 1230. The summed E-state index contributed by atoms with van der Waals surface area (Å²) >= 11 is 8.15. The SMILES string of the molecule is C/C=C\SC(=CCC)NC(=O)CN1CCN(c2c(Cl)cnc3nc(-c4ccc(C)cc4)[nH]c23)CC1. The van der Waals surface area contributed by atoms with Gasteiger partial charge in [-0.15, -0.1) is 0 Å². The number of nitrogens with one attached hydrogen (secondary N) is 2. The maximum absolute atomic E-state index is 12.6. The molecule has 7 nitrogen and oxygen atoms in total. The van der Waals surface area contributed by atoms with Crippen LogP contribution in [0.1, 0.15) is 25.8 Å². The lowest BCUT2D eigenvalue weighted by Crippen LogP contribution is -2.49. The Hall–Kier alpha value is -2.81. The van der Waals surface area contributed by atoms with Gasteiger partial charge in [-0.05, 0) is 25.7 Å². The second kappa shape index (κ2) is 11.7. The first-order valence-corrected chi connectivity index (χ1v) is 13.1. The fraction of sp³-hybridized carbons (Fsp3) is 0.346. The number of hydrogen-bond donors (Lipinski definition) is 2. The molecule has 0 bridgehead atoms. The van der Waals surface area contributed by atoms with Gasteiger partial charge in [0.2, 0.25) is 5.91 Å². The molecule has 1 fully saturated rings. The number of allylic oxidation sites excluding steroid dienone is 2. The van der Waals surface area contributed by atoms with Crippen LogP contribution < -0.4 is 10.2 Å². The van der Waals surface area contributed by atoms with Crippen molar-refractivity contribution in [1.82, 2.24) is 25.2 Å². The highest BCUT2D eigenvalue weighted by molar-refractivity contribution is 8.05. The van der Waals surface area contributed by atoms with Crippen LogP contribution in [-0.2, 0) is 4.79 Å². The lowest BCUT2D eigenvalue weighted by Gasteiger charge is -2.36. The van der Waals surface area contributed by atoms with E-state index in [0.29, 0.717) is 17.2 Å². The van der Waals surface area contributed by atoms with Crippen molar-refractivity contribution >= 4 is 46.1 Å². The highest BCUT2D eigenvalue weighted by atomic mass is 35.5. The molecule has 2 N–H and O–H groups in total. The average Bonchev–Trinajstić information content (AvgIpc) is 3.28. The fourth-order valence-electron chi connectivity index (χ4n) is 4.04. The summed E-state index contributed by atoms with van der Waals surface area (Å²) in [5.41, 5.74) is 4.62. The summed E-state index contributed by atoms with van der Waals surface area (Å²) in [6.07, 6.45) is 6.54. The van der Waals surface area contributed by atoms with Gasteiger partial charge in [0.25, 0.3) is 0 Å². The molecule has 1 saturated heterocycles. The van der Waals surface area contributed by atoms with Gasteiger partial charge in [0.1, 0.15) is 11.3 Å². The summed E-state index contributed by atoms with van der Waals surface area (Å²) in [5, 5.41) is 6.48. The highest BCUT2D eigenvalue weighted by Gasteiger charge is 2.24. The van der Waals surface area contributed by atoms with Crippen molar-refractivity contribution in [2.75, 3.05) is 37.6 Å². The van der Waals surface area contributed by atoms with E-state index in [2.05, 4.69) is 63.2 Å². The Kier molecular flexibility index (Phi) is 8.49. The molecule has 9 heteroatoms. The molecule has 0 saturated carbocycles. The van der Waals surface area contributed by atoms with Crippen molar-refractivity contribution in [3.05, 3.63) is 63.6 Å². The van der Waals surface area contributed by atoms with E-state index < -0.39 is 0 Å². The van der Waals surface area contributed by atoms with Crippen LogP contribution in [0.25, 0.3) is 22.6 Å². The number of aromatic nitrogens is 3. The Labute approximate surface area is 215 Å². The zero-order valence-electron chi connectivity index (χ0n) is 20.3. The Morgan fingerprint density at radius 2 is 1.97 bits per heavy atom. The van der Waals surface area contributed by atoms with Crippen LogP contribution in [0.4, 0.5) is 5.69 Å². The lowest BCUT2D eigenvalue weighted by molar-refractivity contribution is -0.121. The minimum Gasteiger partial charge on any atom is -0.366 e. The zero-order chi connectivity index (χ0) is 24.8. The van der Waals surface area contributed by atoms with Gasteiger partial charge in [-0.3, -0.25) is 9.69 Å². The van der Waals surface area contributed by atoms with Crippen molar-refractivity contribution in [3.8, 4) is 11.4 Å². The number of thioether (sulfide) groups is 1. The first kappa shape index (κ1) is 25.3. The Balaban J connectivity index is 1.43. The molecule has 1 aliphatic heterocycles. The van der Waals surface area contributed by atoms with Crippen LogP contribution in [0.2, 0.25) is 5.02 Å². The molecule has 3 aromatic rings. The quantitative estimate of drug-likeness (QED) is 0.426. The number of H-pyrrole nitrogens is 1. The van der Waals surface area contributed by atoms with Crippen LogP contribution in [0.3, 0.4) is 0 Å². The topological polar surface area (TPSA) is 77.2 Å². The number of hydrogen-bond acceptors (Lipinski definition) is 6. The molecular formula is C26H31ClN6OS. The first-order valence-electron chi connectivity index (χ1n) is 11.8. The van der Waals surface area contributed by atoms with Gasteiger partial charge in [-0.2, -0.15) is 0 Å². The van der Waals surface area contributed by atoms with Crippen molar-refractivity contribution in [3.63, 3.8) is 0 Å². The van der Waals surface area contributed by atoms with Gasteiger partial charge in [0, 0.05) is 31.7 Å². The van der Waals surface area contributed by atoms with Crippen LogP contribution in [0.5, 0.6) is 0 Å². The van der Waals surface area contributed by atoms with Crippen molar-refractivity contribution in [2.45, 2.75) is 27.2 Å². The van der Waals surface area contributed by atoms with Gasteiger partial charge in [0.05, 0.1) is 28.5 Å². The third kappa shape index (κ3) is 6.25. The molecule has 0 atom stereocenters. The van der Waals surface area contributed by atoms with E-state index in [4.69, 9.17) is 16.6 Å². The van der Waals surface area contributed by atoms with E-state index in [-0.39, 0.29) is 5.91 Å². The predicted octanol–water partition coefficient (Wildman–Crippen LogP) is 5.34. The molecule has 0 aliphatic carbocycles. The molecule has 0 radical (unpaired) electrons. The molecule has 1 aliphatic rings. The largest absolute Gasteiger partial charge is 0.366 e. The number of carbonyl (C=O) groups excluding carboxylic acids is 1. The van der Waals surface area contributed by atoms with E-state index in [1.807, 2.05) is 24.5 Å². The summed E-state index contributed by atoms with van der Waals surface area (Å²) < 4.78 is 0. The molecule has 1 amide bonds. The van der Waals surface area contributed by atoms with Crippen LogP contribution in [0.15, 0.2) is 53.1 Å². The summed E-state index contributed by atoms with van der Waals surface area (Å²) in [6, 6.07) is 8.24. The number of rotatable bonds is 8. The van der Waals surface area contributed by atoms with E-state index >= 15 is 0 Å². The zero-order valence-corrected chi connectivity index (χ0v) is 21.9. The summed E-state index contributed by atoms with van der Waals surface area (Å²) in [6.45, 7) is 9.51. The maximum atomic E-state index is 12.6. The summed E-state index contributed by atoms with van der Waals surface area (Å²) in [5.74, 6) is 0.786. The molecule has 1 aromatic carbocycles. The van der Waals surface area contributed by atoms with Gasteiger partial charge in [-0.1, -0.05) is 72.3 Å². The molecule has 4 rings (SSSR count). The lowest BCUT2D eigenvalue weighted by atomic mass is 10.1. The van der Waals surface area contributed by atoms with Crippen molar-refractivity contribution < 1.29 is 4.79 Å². The van der Waals surface area contributed by atoms with E-state index in [0.717, 1.165) is 60.2 Å². The Morgan fingerprint density at radius 1 is 1.23 bits per heavy atom. The van der Waals surface area contributed by atoms with Crippen molar-refractivity contribution in [2.24, 2.45) is 0 Å². The third-order valence-corrected chi connectivity index (χ3v) is 7.02. The molecule has 3 heterocycles. The monoisotopic (exact) mass is 510 g/mol. The number of anilines is 1. The number of pyridine rings is 1. The second-order valence-electron chi connectivity index (χ2n) is 8.48. The fourth-order valence-corrected chi connectivity index (χ4v) is 5.02. The molecule has 0 unspecified atom stereocenters. The maximum Gasteiger partial charge on any atom is 0.238 e. The van der Waals surface area contributed by atoms with Gasteiger partial charge < -0.3 is 15.2 Å². The number of halogens is 1. The van der Waals surface area contributed by atoms with Gasteiger partial charge >= 0.3 is 0 Å². The first-order chi connectivity index (χ1) is 17.0. The molecular weight excluding hydrogens is 480 g/mol. The summed E-state index contributed by atoms with van der Waals surface area (Å²) in [4.78, 5) is 29.6. The smallest absolute Gasteiger partial charge is 0.238 e. The Morgan fingerprint density at radius 3 is 2.66 bits per heavy atom. The normalized spacial score (nSPS) is 15.3. The average molecular weight is 511 g/mol. The highest BCUT2D eigenvalue weighted by Crippen LogP contribution is 2.34. The number of carbonyl (C=O) groups is 1. The van der Waals surface area contributed by atoms with E-state index in [9.17, 15) is 4.79 Å². The third-order valence-electron chi connectivity index (χ3n) is 5.81. The number of aryl methyl sites for hydroxylation is 1. The van der Waals surface area contributed by atoms with E-state index in [1.165, 1.54) is 17.3 Å². The van der Waals surface area contributed by atoms with Gasteiger partial charge in [-0.25, -0.2) is 9.97 Å². The molecule has 184 valence electrons. The summed E-state index contributed by atoms with van der Waals surface area (Å²) in [7, 11) is 0. The number of piperazine rings is 1. The standard InChI is InChI=1S/C26H31ClN6OS/c1-4-6-22(35-15-5-2)29-21(34)17-32-11-13-33(14-12-32)24-20(27)16-28-26-23(24)30-25(31-26)19-9-7-18(3)8-10-19/h5-10,15-16H,4,11-14,17H2,1-3H3,(H,29,34)(H,28,30,31)/b15-5-,22-6?.